The Morgan fingerprint density at radius 3 is 2.61 bits per heavy atom. The molecular weight excluding hydrogens is 306 g/mol. The minimum absolute atomic E-state index is 0.617. The monoisotopic (exact) mass is 329 g/mol. The number of thiazole rings is 1. The number of rotatable bonds is 5. The van der Waals surface area contributed by atoms with Gasteiger partial charge in [-0.2, -0.15) is 0 Å². The van der Waals surface area contributed by atoms with E-state index in [1.165, 1.54) is 36.4 Å². The molecule has 122 valence electrons. The Bertz CT molecular complexity index is 631. The maximum Gasteiger partial charge on any atom is 0.132 e. The molecule has 5 nitrogen and oxygen atoms in total. The van der Waals surface area contributed by atoms with Crippen LogP contribution in [0.3, 0.4) is 0 Å². The van der Waals surface area contributed by atoms with E-state index in [-0.39, 0.29) is 0 Å². The summed E-state index contributed by atoms with van der Waals surface area (Å²) in [6.07, 6.45) is 8.57. The highest BCUT2D eigenvalue weighted by Gasteiger charge is 2.36. The molecule has 2 aliphatic rings. The van der Waals surface area contributed by atoms with Gasteiger partial charge in [-0.15, -0.1) is 11.3 Å². The quantitative estimate of drug-likeness (QED) is 0.844. The number of hydrogen-bond donors (Lipinski definition) is 0. The molecule has 4 rings (SSSR count). The smallest absolute Gasteiger partial charge is 0.132 e. The van der Waals surface area contributed by atoms with Gasteiger partial charge in [0.15, 0.2) is 0 Å². The third-order valence-corrected chi connectivity index (χ3v) is 5.60. The number of piperidine rings is 1. The molecule has 2 aromatic heterocycles. The molecule has 0 spiro atoms. The molecule has 1 saturated carbocycles. The van der Waals surface area contributed by atoms with Crippen LogP contribution in [0.1, 0.15) is 36.4 Å². The van der Waals surface area contributed by atoms with Crippen molar-refractivity contribution in [1.29, 1.82) is 0 Å². The summed E-state index contributed by atoms with van der Waals surface area (Å²) in [5.74, 6) is 1.11. The first kappa shape index (κ1) is 15.0. The highest BCUT2D eigenvalue weighted by molar-refractivity contribution is 7.09. The van der Waals surface area contributed by atoms with Crippen LogP contribution in [-0.2, 0) is 6.54 Å². The van der Waals surface area contributed by atoms with Gasteiger partial charge >= 0.3 is 0 Å². The van der Waals surface area contributed by atoms with Crippen LogP contribution >= 0.6 is 11.3 Å². The van der Waals surface area contributed by atoms with Gasteiger partial charge in [0.2, 0.25) is 0 Å². The van der Waals surface area contributed by atoms with Gasteiger partial charge in [0.25, 0.3) is 0 Å². The topological polar surface area (TPSA) is 45.2 Å². The number of nitrogens with zero attached hydrogens (tertiary/aromatic N) is 5. The predicted molar refractivity (Wildman–Crippen MR) is 92.7 cm³/mol. The lowest BCUT2D eigenvalue weighted by molar-refractivity contribution is 0.198. The lowest BCUT2D eigenvalue weighted by Gasteiger charge is -2.39. The van der Waals surface area contributed by atoms with Crippen molar-refractivity contribution >= 4 is 17.2 Å². The fraction of sp³-hybridized carbons (Fsp3) is 0.588. The van der Waals surface area contributed by atoms with E-state index in [2.05, 4.69) is 43.1 Å². The Balaban J connectivity index is 1.38. The molecule has 2 fully saturated rings. The minimum Gasteiger partial charge on any atom is -0.350 e. The van der Waals surface area contributed by atoms with Gasteiger partial charge < -0.3 is 4.90 Å². The number of aromatic nitrogens is 3. The van der Waals surface area contributed by atoms with Gasteiger partial charge in [-0.25, -0.2) is 15.0 Å². The van der Waals surface area contributed by atoms with E-state index in [0.29, 0.717) is 12.1 Å². The second-order valence-electron chi connectivity index (χ2n) is 6.57. The van der Waals surface area contributed by atoms with Crippen molar-refractivity contribution < 1.29 is 0 Å². The zero-order valence-electron chi connectivity index (χ0n) is 13.6. The van der Waals surface area contributed by atoms with Crippen LogP contribution in [-0.4, -0.2) is 45.0 Å². The average molecular weight is 329 g/mol. The molecule has 0 aromatic carbocycles. The molecule has 0 radical (unpaired) electrons. The summed E-state index contributed by atoms with van der Waals surface area (Å²) in [7, 11) is 0. The van der Waals surface area contributed by atoms with Crippen LogP contribution in [0.4, 0.5) is 5.82 Å². The second kappa shape index (κ2) is 6.53. The Kier molecular flexibility index (Phi) is 4.27. The first-order valence-electron chi connectivity index (χ1n) is 8.47. The maximum atomic E-state index is 4.59. The highest BCUT2D eigenvalue weighted by atomic mass is 32.1. The van der Waals surface area contributed by atoms with E-state index < -0.39 is 0 Å². The van der Waals surface area contributed by atoms with Crippen molar-refractivity contribution in [3.63, 3.8) is 0 Å². The number of hydrogen-bond acceptors (Lipinski definition) is 6. The summed E-state index contributed by atoms with van der Waals surface area (Å²) in [6, 6.07) is 3.37. The van der Waals surface area contributed by atoms with Crippen molar-refractivity contribution in [3.8, 4) is 0 Å². The number of anilines is 1. The number of likely N-dealkylation sites (tertiary alicyclic amines) is 1. The van der Waals surface area contributed by atoms with E-state index in [0.717, 1.165) is 25.5 Å². The summed E-state index contributed by atoms with van der Waals surface area (Å²) in [5.41, 5.74) is 1.22. The van der Waals surface area contributed by atoms with E-state index in [9.17, 15) is 0 Å². The van der Waals surface area contributed by atoms with Crippen molar-refractivity contribution in [2.45, 2.75) is 51.2 Å². The summed E-state index contributed by atoms with van der Waals surface area (Å²) in [4.78, 5) is 18.3. The fourth-order valence-electron chi connectivity index (χ4n) is 3.53. The van der Waals surface area contributed by atoms with Gasteiger partial charge in [0, 0.05) is 43.3 Å². The van der Waals surface area contributed by atoms with Crippen molar-refractivity contribution in [1.82, 2.24) is 19.9 Å². The van der Waals surface area contributed by atoms with Crippen LogP contribution in [0.2, 0.25) is 0 Å². The molecule has 1 saturated heterocycles. The number of aryl methyl sites for hydroxylation is 1. The SMILES string of the molecule is Cc1nc(CN2CCC(N(c3ccncn3)C3CC3)CC2)cs1. The van der Waals surface area contributed by atoms with E-state index in [1.807, 2.05) is 6.20 Å². The third kappa shape index (κ3) is 3.53. The molecule has 6 heteroatoms. The first-order valence-corrected chi connectivity index (χ1v) is 9.35. The molecule has 0 N–H and O–H groups in total. The van der Waals surface area contributed by atoms with Crippen LogP contribution in [0.5, 0.6) is 0 Å². The molecule has 1 aliphatic carbocycles. The Hall–Kier alpha value is -1.53. The van der Waals surface area contributed by atoms with E-state index >= 15 is 0 Å². The Morgan fingerprint density at radius 2 is 2.00 bits per heavy atom. The van der Waals surface area contributed by atoms with Crippen LogP contribution in [0.25, 0.3) is 0 Å². The molecule has 1 aliphatic heterocycles. The van der Waals surface area contributed by atoms with E-state index in [1.54, 1.807) is 17.7 Å². The van der Waals surface area contributed by atoms with Crippen LogP contribution in [0, 0.1) is 6.92 Å². The lowest BCUT2D eigenvalue weighted by Crippen LogP contribution is -2.46. The van der Waals surface area contributed by atoms with Crippen molar-refractivity contribution in [2.75, 3.05) is 18.0 Å². The standard InChI is InChI=1S/C17H23N5S/c1-13-20-14(11-23-13)10-21-8-5-16(6-9-21)22(15-2-3-15)17-4-7-18-12-19-17/h4,7,11-12,15-16H,2-3,5-6,8-10H2,1H3. The molecule has 3 heterocycles. The molecule has 0 atom stereocenters. The largest absolute Gasteiger partial charge is 0.350 e. The minimum atomic E-state index is 0.617. The molecule has 2 aromatic rings. The fourth-order valence-corrected chi connectivity index (χ4v) is 4.13. The molecule has 0 amide bonds. The van der Waals surface area contributed by atoms with Crippen molar-refractivity contribution in [3.05, 3.63) is 34.7 Å². The normalized spacial score (nSPS) is 19.9. The third-order valence-electron chi connectivity index (χ3n) is 4.77. The zero-order chi connectivity index (χ0) is 15.6. The molecular formula is C17H23N5S. The average Bonchev–Trinajstić information content (AvgIpc) is 3.33. The van der Waals surface area contributed by atoms with Crippen LogP contribution < -0.4 is 4.90 Å². The molecule has 0 unspecified atom stereocenters. The van der Waals surface area contributed by atoms with Gasteiger partial charge in [-0.3, -0.25) is 4.90 Å². The van der Waals surface area contributed by atoms with Gasteiger partial charge in [-0.1, -0.05) is 0 Å². The molecule has 0 bridgehead atoms. The zero-order valence-corrected chi connectivity index (χ0v) is 14.4. The van der Waals surface area contributed by atoms with Gasteiger partial charge in [0.1, 0.15) is 12.1 Å². The maximum absolute atomic E-state index is 4.59. The van der Waals surface area contributed by atoms with Gasteiger partial charge in [0.05, 0.1) is 10.7 Å². The Morgan fingerprint density at radius 1 is 1.22 bits per heavy atom. The first-order chi connectivity index (χ1) is 11.3. The summed E-state index contributed by atoms with van der Waals surface area (Å²) in [5, 5.41) is 3.36. The second-order valence-corrected chi connectivity index (χ2v) is 7.63. The summed E-state index contributed by atoms with van der Waals surface area (Å²) >= 11 is 1.75. The van der Waals surface area contributed by atoms with Crippen LogP contribution in [0.15, 0.2) is 24.0 Å². The summed E-state index contributed by atoms with van der Waals surface area (Å²) < 4.78 is 0. The molecule has 23 heavy (non-hydrogen) atoms. The highest BCUT2D eigenvalue weighted by Crippen LogP contribution is 2.35. The van der Waals surface area contributed by atoms with E-state index in [4.69, 9.17) is 0 Å². The van der Waals surface area contributed by atoms with Gasteiger partial charge in [-0.05, 0) is 38.7 Å². The Labute approximate surface area is 141 Å². The van der Waals surface area contributed by atoms with Crippen molar-refractivity contribution in [2.24, 2.45) is 0 Å². The lowest BCUT2D eigenvalue weighted by atomic mass is 10.0. The predicted octanol–water partition coefficient (Wildman–Crippen LogP) is 2.87. The summed E-state index contributed by atoms with van der Waals surface area (Å²) in [6.45, 7) is 5.37.